The molecule has 0 aliphatic carbocycles. The molecule has 0 radical (unpaired) electrons. The van der Waals surface area contributed by atoms with Crippen LogP contribution in [-0.2, 0) is 0 Å². The first-order valence-corrected chi connectivity index (χ1v) is 6.75. The highest BCUT2D eigenvalue weighted by atomic mass is 79.9. The molecule has 1 amide bonds. The molecule has 2 aromatic heterocycles. The highest BCUT2D eigenvalue weighted by molar-refractivity contribution is 9.10. The molecule has 100 valence electrons. The summed E-state index contributed by atoms with van der Waals surface area (Å²) in [5.41, 5.74) is 1.40. The van der Waals surface area contributed by atoms with Crippen LogP contribution in [0.2, 0.25) is 0 Å². The number of rotatable bonds is 3. The Balaban J connectivity index is 2.13. The molecule has 0 spiro atoms. The number of pyridine rings is 1. The van der Waals surface area contributed by atoms with Gasteiger partial charge in [-0.3, -0.25) is 9.48 Å². The largest absolute Gasteiger partial charge is 0.305 e. The Morgan fingerprint density at radius 1 is 1.47 bits per heavy atom. The fourth-order valence-electron chi connectivity index (χ4n) is 1.53. The van der Waals surface area contributed by atoms with Crippen LogP contribution in [0, 0.1) is 6.92 Å². The van der Waals surface area contributed by atoms with Crippen LogP contribution >= 0.6 is 15.9 Å². The number of nitrogens with zero attached hydrogens (tertiary/aromatic N) is 3. The normalized spacial score (nSPS) is 10.8. The number of hydrogen-bond acceptors (Lipinski definition) is 3. The van der Waals surface area contributed by atoms with Crippen molar-refractivity contribution in [3.63, 3.8) is 0 Å². The van der Waals surface area contributed by atoms with E-state index in [-0.39, 0.29) is 11.9 Å². The van der Waals surface area contributed by atoms with Gasteiger partial charge in [0, 0.05) is 22.9 Å². The number of anilines is 1. The van der Waals surface area contributed by atoms with Crippen LogP contribution in [-0.4, -0.2) is 20.7 Å². The lowest BCUT2D eigenvalue weighted by atomic mass is 10.3. The fraction of sp³-hybridized carbons (Fsp3) is 0.308. The van der Waals surface area contributed by atoms with E-state index < -0.39 is 0 Å². The lowest BCUT2D eigenvalue weighted by molar-refractivity contribution is 0.102. The number of nitrogens with one attached hydrogen (secondary N) is 1. The summed E-state index contributed by atoms with van der Waals surface area (Å²) in [5, 5.41) is 6.95. The van der Waals surface area contributed by atoms with Crippen molar-refractivity contribution in [2.24, 2.45) is 0 Å². The van der Waals surface area contributed by atoms with E-state index in [4.69, 9.17) is 0 Å². The average Bonchev–Trinajstić information content (AvgIpc) is 2.83. The van der Waals surface area contributed by atoms with E-state index in [0.29, 0.717) is 11.5 Å². The van der Waals surface area contributed by atoms with Crippen LogP contribution in [0.1, 0.15) is 35.9 Å². The van der Waals surface area contributed by atoms with Crippen LogP contribution in [0.3, 0.4) is 0 Å². The van der Waals surface area contributed by atoms with Crippen LogP contribution in [0.4, 0.5) is 5.82 Å². The van der Waals surface area contributed by atoms with Crippen molar-refractivity contribution in [1.82, 2.24) is 14.8 Å². The second-order valence-electron chi connectivity index (χ2n) is 4.55. The second-order valence-corrected chi connectivity index (χ2v) is 5.40. The summed E-state index contributed by atoms with van der Waals surface area (Å²) in [5.74, 6) is 0.262. The van der Waals surface area contributed by atoms with Gasteiger partial charge >= 0.3 is 0 Å². The van der Waals surface area contributed by atoms with Crippen LogP contribution in [0.5, 0.6) is 0 Å². The zero-order chi connectivity index (χ0) is 14.0. The SMILES string of the molecule is Cc1cc(NC(=O)c2ccn(C(C)C)n2)ncc1Br. The first-order valence-electron chi connectivity index (χ1n) is 5.96. The predicted octanol–water partition coefficient (Wildman–Crippen LogP) is 3.18. The van der Waals surface area contributed by atoms with Gasteiger partial charge in [-0.05, 0) is 54.4 Å². The first-order chi connectivity index (χ1) is 8.97. The van der Waals surface area contributed by atoms with Crippen molar-refractivity contribution >= 4 is 27.7 Å². The van der Waals surface area contributed by atoms with Gasteiger partial charge in [0.15, 0.2) is 5.69 Å². The molecule has 0 atom stereocenters. The zero-order valence-corrected chi connectivity index (χ0v) is 12.6. The van der Waals surface area contributed by atoms with Crippen LogP contribution in [0.15, 0.2) is 29.0 Å². The van der Waals surface area contributed by atoms with Gasteiger partial charge < -0.3 is 5.32 Å². The highest BCUT2D eigenvalue weighted by Gasteiger charge is 2.11. The molecule has 1 N–H and O–H groups in total. The Kier molecular flexibility index (Phi) is 3.99. The van der Waals surface area contributed by atoms with E-state index >= 15 is 0 Å². The smallest absolute Gasteiger partial charge is 0.277 e. The van der Waals surface area contributed by atoms with E-state index in [1.807, 2.05) is 20.8 Å². The molecule has 6 heteroatoms. The van der Waals surface area contributed by atoms with E-state index in [2.05, 4.69) is 31.3 Å². The molecule has 2 heterocycles. The monoisotopic (exact) mass is 322 g/mol. The van der Waals surface area contributed by atoms with Gasteiger partial charge in [-0.15, -0.1) is 0 Å². The molecule has 5 nitrogen and oxygen atoms in total. The summed E-state index contributed by atoms with van der Waals surface area (Å²) in [4.78, 5) is 16.1. The summed E-state index contributed by atoms with van der Waals surface area (Å²) >= 11 is 3.37. The predicted molar refractivity (Wildman–Crippen MR) is 77.2 cm³/mol. The number of carbonyl (C=O) groups is 1. The van der Waals surface area contributed by atoms with Crippen molar-refractivity contribution in [3.05, 3.63) is 40.3 Å². The maximum Gasteiger partial charge on any atom is 0.277 e. The Labute approximate surface area is 120 Å². The number of amides is 1. The Hall–Kier alpha value is -1.69. The van der Waals surface area contributed by atoms with Crippen molar-refractivity contribution in [2.75, 3.05) is 5.32 Å². The molecule has 0 bridgehead atoms. The fourth-order valence-corrected chi connectivity index (χ4v) is 1.75. The number of aryl methyl sites for hydroxylation is 1. The third kappa shape index (κ3) is 3.20. The summed E-state index contributed by atoms with van der Waals surface area (Å²) in [7, 11) is 0. The number of hydrogen-bond donors (Lipinski definition) is 1. The molecule has 0 aliphatic heterocycles. The van der Waals surface area contributed by atoms with Gasteiger partial charge in [-0.1, -0.05) is 0 Å². The Morgan fingerprint density at radius 2 is 2.21 bits per heavy atom. The Morgan fingerprint density at radius 3 is 2.79 bits per heavy atom. The van der Waals surface area contributed by atoms with E-state index in [1.54, 1.807) is 29.2 Å². The Bertz CT molecular complexity index is 606. The molecule has 0 aromatic carbocycles. The van der Waals surface area contributed by atoms with Gasteiger partial charge in [-0.25, -0.2) is 4.98 Å². The number of halogens is 1. The van der Waals surface area contributed by atoms with Crippen molar-refractivity contribution in [2.45, 2.75) is 26.8 Å². The molecule has 2 aromatic rings. The molecular formula is C13H15BrN4O. The van der Waals surface area contributed by atoms with E-state index in [0.717, 1.165) is 10.0 Å². The maximum atomic E-state index is 12.0. The van der Waals surface area contributed by atoms with Gasteiger partial charge in [0.1, 0.15) is 5.82 Å². The molecular weight excluding hydrogens is 308 g/mol. The molecule has 0 fully saturated rings. The van der Waals surface area contributed by atoms with Crippen molar-refractivity contribution < 1.29 is 4.79 Å². The lowest BCUT2D eigenvalue weighted by Crippen LogP contribution is -2.14. The highest BCUT2D eigenvalue weighted by Crippen LogP contribution is 2.17. The summed E-state index contributed by atoms with van der Waals surface area (Å²) in [6.45, 7) is 5.96. The van der Waals surface area contributed by atoms with Gasteiger partial charge in [0.25, 0.3) is 5.91 Å². The third-order valence-electron chi connectivity index (χ3n) is 2.66. The van der Waals surface area contributed by atoms with Crippen LogP contribution < -0.4 is 5.32 Å². The van der Waals surface area contributed by atoms with Gasteiger partial charge in [-0.2, -0.15) is 5.10 Å². The summed E-state index contributed by atoms with van der Waals surface area (Å²) in [6, 6.07) is 3.73. The molecule has 0 saturated carbocycles. The quantitative estimate of drug-likeness (QED) is 0.944. The molecule has 19 heavy (non-hydrogen) atoms. The molecule has 0 unspecified atom stereocenters. The van der Waals surface area contributed by atoms with Gasteiger partial charge in [0.05, 0.1) is 0 Å². The van der Waals surface area contributed by atoms with Gasteiger partial charge in [0.2, 0.25) is 0 Å². The van der Waals surface area contributed by atoms with Crippen molar-refractivity contribution in [1.29, 1.82) is 0 Å². The molecule has 2 rings (SSSR count). The number of carbonyl (C=O) groups excluding carboxylic acids is 1. The van der Waals surface area contributed by atoms with E-state index in [1.165, 1.54) is 0 Å². The van der Waals surface area contributed by atoms with E-state index in [9.17, 15) is 4.79 Å². The van der Waals surface area contributed by atoms with Crippen LogP contribution in [0.25, 0.3) is 0 Å². The first kappa shape index (κ1) is 13.7. The minimum absolute atomic E-state index is 0.231. The summed E-state index contributed by atoms with van der Waals surface area (Å²) in [6.07, 6.45) is 3.46. The van der Waals surface area contributed by atoms with Crippen molar-refractivity contribution in [3.8, 4) is 0 Å². The zero-order valence-electron chi connectivity index (χ0n) is 11.0. The second kappa shape index (κ2) is 5.52. The standard InChI is InChI=1S/C13H15BrN4O/c1-8(2)18-5-4-11(17-18)13(19)16-12-6-9(3)10(14)7-15-12/h4-8H,1-3H3,(H,15,16,19). The average molecular weight is 323 g/mol. The molecule has 0 aliphatic rings. The number of aromatic nitrogens is 3. The lowest BCUT2D eigenvalue weighted by Gasteiger charge is -2.05. The minimum Gasteiger partial charge on any atom is -0.305 e. The third-order valence-corrected chi connectivity index (χ3v) is 3.49. The summed E-state index contributed by atoms with van der Waals surface area (Å²) < 4.78 is 2.66. The topological polar surface area (TPSA) is 59.8 Å². The maximum absolute atomic E-state index is 12.0. The molecule has 0 saturated heterocycles. The minimum atomic E-state index is -0.256.